The average Bonchev–Trinajstić information content (AvgIpc) is 3.57. The monoisotopic (exact) mass is 852 g/mol. The molecule has 10 aromatic rings. The fourth-order valence-corrected chi connectivity index (χ4v) is 8.80. The first-order chi connectivity index (χ1) is 37.8. The average molecular weight is 852 g/mol. The summed E-state index contributed by atoms with van der Waals surface area (Å²) in [5.74, 6) is 0. The zero-order valence-corrected chi connectivity index (χ0v) is 35.3. The van der Waals surface area contributed by atoms with E-state index in [1.807, 2.05) is 115 Å². The van der Waals surface area contributed by atoms with Gasteiger partial charge in [-0.2, -0.15) is 0 Å². The van der Waals surface area contributed by atoms with Crippen LogP contribution in [0.2, 0.25) is 0 Å². The lowest BCUT2D eigenvalue weighted by Gasteiger charge is -2.29. The van der Waals surface area contributed by atoms with Crippen molar-refractivity contribution in [2.24, 2.45) is 14.0 Å². The molecule has 2 aromatic heterocycles. The minimum Gasteiger partial charge on any atom is -0.207 e. The first-order valence-corrected chi connectivity index (χ1v) is 21.3. The van der Waals surface area contributed by atoms with Crippen LogP contribution in [0.3, 0.4) is 0 Å². The normalized spacial score (nSPS) is 15.5. The molecule has 0 saturated carbocycles. The van der Waals surface area contributed by atoms with E-state index >= 15 is 0 Å². The summed E-state index contributed by atoms with van der Waals surface area (Å²) in [7, 11) is 0. The molecule has 65 heavy (non-hydrogen) atoms. The Labute approximate surface area is 405 Å². The second-order valence-electron chi connectivity index (χ2n) is 16.1. The Hall–Kier alpha value is -7.94. The van der Waals surface area contributed by atoms with Gasteiger partial charge in [-0.3, -0.25) is 0 Å². The molecular formula is C63H52N2+2. The van der Waals surface area contributed by atoms with E-state index in [1.165, 1.54) is 21.5 Å². The molecule has 0 atom stereocenters. The quantitative estimate of drug-likeness (QED) is 0.128. The summed E-state index contributed by atoms with van der Waals surface area (Å²) in [6, 6.07) is 60.8. The standard InChI is InChI=1S/C63H52N2/c1-43-15-21-50(22-16-43)58-61(53-33-27-47(28-34-53)46-11-7-6-8-12-46)59(51-23-17-44(2)18-24-51)63(55-37-31-49(32-38-55)57-14-10-40-65(5)42-57)60(52-25-19-45(3)20-26-52)62(58)54-35-29-48(30-36-54)56-13-9-39-64(4)41-56/h6-42H,1-5H3/q+2/i1D3,2D3,3D3,4D3,5D3. The van der Waals surface area contributed by atoms with Gasteiger partial charge in [-0.25, -0.2) is 9.13 Å². The second-order valence-corrected chi connectivity index (χ2v) is 16.1. The van der Waals surface area contributed by atoms with Crippen LogP contribution in [0.25, 0.3) is 100 Å². The smallest absolute Gasteiger partial charge is 0.176 e. The van der Waals surface area contributed by atoms with Crippen molar-refractivity contribution in [3.05, 3.63) is 242 Å². The van der Waals surface area contributed by atoms with Crippen LogP contribution in [0.5, 0.6) is 0 Å². The minimum absolute atomic E-state index is 0.114. The van der Waals surface area contributed by atoms with Gasteiger partial charge in [0.05, 0.1) is 0 Å². The number of rotatable bonds is 9. The van der Waals surface area contributed by atoms with Crippen LogP contribution in [0.4, 0.5) is 0 Å². The van der Waals surface area contributed by atoms with Crippen molar-refractivity contribution >= 4 is 0 Å². The number of benzene rings is 8. The molecule has 2 heterocycles. The van der Waals surface area contributed by atoms with Crippen LogP contribution < -0.4 is 9.13 Å². The Bertz CT molecular complexity index is 3660. The Morgan fingerprint density at radius 2 is 0.492 bits per heavy atom. The minimum atomic E-state index is -2.44. The maximum absolute atomic E-state index is 8.37. The molecule has 0 aliphatic heterocycles. The van der Waals surface area contributed by atoms with Crippen molar-refractivity contribution in [1.29, 1.82) is 0 Å². The molecule has 0 aliphatic carbocycles. The van der Waals surface area contributed by atoms with Crippen LogP contribution in [0.15, 0.2) is 225 Å². The van der Waals surface area contributed by atoms with E-state index in [1.54, 1.807) is 97.3 Å². The van der Waals surface area contributed by atoms with Gasteiger partial charge >= 0.3 is 0 Å². The Kier molecular flexibility index (Phi) is 7.42. The molecule has 2 heteroatoms. The van der Waals surface area contributed by atoms with Gasteiger partial charge in [0.15, 0.2) is 24.8 Å². The summed E-state index contributed by atoms with van der Waals surface area (Å²) in [5, 5.41) is 0. The summed E-state index contributed by atoms with van der Waals surface area (Å²) in [4.78, 5) is 0. The third-order valence-electron chi connectivity index (χ3n) is 11.9. The van der Waals surface area contributed by atoms with Gasteiger partial charge in [0, 0.05) is 35.6 Å². The van der Waals surface area contributed by atoms with Gasteiger partial charge in [0.2, 0.25) is 0 Å². The maximum Gasteiger partial charge on any atom is 0.176 e. The molecule has 0 fully saturated rings. The van der Waals surface area contributed by atoms with Crippen molar-refractivity contribution in [2.45, 2.75) is 20.6 Å². The van der Waals surface area contributed by atoms with Gasteiger partial charge in [0.25, 0.3) is 0 Å². The number of aryl methyl sites for hydroxylation is 5. The summed E-state index contributed by atoms with van der Waals surface area (Å²) in [6.45, 7) is -12.2. The number of hydrogen-bond donors (Lipinski definition) is 0. The summed E-state index contributed by atoms with van der Waals surface area (Å²) < 4.78 is 126. The fraction of sp³-hybridized carbons (Fsp3) is 0.0794. The Balaban J connectivity index is 1.39. The van der Waals surface area contributed by atoms with Crippen molar-refractivity contribution in [3.8, 4) is 100 Å². The van der Waals surface area contributed by atoms with Crippen molar-refractivity contribution < 1.29 is 29.7 Å². The lowest BCUT2D eigenvalue weighted by Crippen LogP contribution is -2.26. The molecule has 2 nitrogen and oxygen atoms in total. The lowest BCUT2D eigenvalue weighted by atomic mass is 9.74. The molecule has 0 aliphatic rings. The SMILES string of the molecule is [2H]C([2H])([2H])c1ccc(-c2c(-c3ccc(-c4ccccc4)cc3)c(-c3ccc(C([2H])([2H])[2H])cc3)c(-c3ccc(-c4ccc[n+](C([2H])([2H])[2H])c4)cc3)c(-c3ccc(C([2H])([2H])[2H])cc3)c2-c2ccc(-c3ccc[n+](C([2H])([2H])[2H])c3)cc2)cc1. The molecule has 0 N–H and O–H groups in total. The molecule has 10 rings (SSSR count). The topological polar surface area (TPSA) is 7.76 Å². The number of pyridine rings is 2. The van der Waals surface area contributed by atoms with Crippen LogP contribution in [-0.2, 0) is 14.0 Å². The van der Waals surface area contributed by atoms with Crippen molar-refractivity contribution in [2.75, 3.05) is 0 Å². The van der Waals surface area contributed by atoms with E-state index in [4.69, 9.17) is 20.6 Å². The highest BCUT2D eigenvalue weighted by Crippen LogP contribution is 2.56. The largest absolute Gasteiger partial charge is 0.207 e. The summed E-state index contributed by atoms with van der Waals surface area (Å²) >= 11 is 0. The van der Waals surface area contributed by atoms with E-state index in [0.29, 0.717) is 72.3 Å². The van der Waals surface area contributed by atoms with Crippen molar-refractivity contribution in [1.82, 2.24) is 0 Å². The predicted octanol–water partition coefficient (Wildman–Crippen LogP) is 15.3. The third kappa shape index (κ3) is 8.35. The van der Waals surface area contributed by atoms with Gasteiger partial charge in [-0.15, -0.1) is 0 Å². The number of hydrogen-bond acceptors (Lipinski definition) is 0. The molecular weight excluding hydrogens is 785 g/mol. The first kappa shape index (κ1) is 27.3. The van der Waals surface area contributed by atoms with Gasteiger partial charge in [-0.05, 0) is 122 Å². The van der Waals surface area contributed by atoms with E-state index in [0.717, 1.165) is 27.8 Å². The second kappa shape index (κ2) is 17.7. The summed E-state index contributed by atoms with van der Waals surface area (Å²) in [6.07, 6.45) is 6.13. The summed E-state index contributed by atoms with van der Waals surface area (Å²) in [5.41, 5.74) is 13.1. The van der Waals surface area contributed by atoms with E-state index in [9.17, 15) is 0 Å². The molecule has 0 spiro atoms. The van der Waals surface area contributed by atoms with Gasteiger partial charge < -0.3 is 0 Å². The zero-order chi connectivity index (χ0) is 56.9. The molecule has 0 bridgehead atoms. The van der Waals surface area contributed by atoms with Gasteiger partial charge in [-0.1, -0.05) is 193 Å². The van der Waals surface area contributed by atoms with Crippen LogP contribution in [0, 0.1) is 20.6 Å². The molecule has 0 unspecified atom stereocenters. The zero-order valence-electron chi connectivity index (χ0n) is 50.3. The highest BCUT2D eigenvalue weighted by Gasteiger charge is 2.29. The molecule has 0 amide bonds. The molecule has 8 aromatic carbocycles. The van der Waals surface area contributed by atoms with Crippen LogP contribution >= 0.6 is 0 Å². The molecule has 0 saturated heterocycles. The van der Waals surface area contributed by atoms with Crippen LogP contribution in [0.1, 0.15) is 37.3 Å². The number of aromatic nitrogens is 2. The third-order valence-corrected chi connectivity index (χ3v) is 11.9. The Morgan fingerprint density at radius 3 is 0.785 bits per heavy atom. The van der Waals surface area contributed by atoms with Crippen molar-refractivity contribution in [3.63, 3.8) is 0 Å². The van der Waals surface area contributed by atoms with E-state index in [2.05, 4.69) is 0 Å². The fourth-order valence-electron chi connectivity index (χ4n) is 8.80. The van der Waals surface area contributed by atoms with E-state index < -0.39 is 34.5 Å². The maximum atomic E-state index is 8.37. The Morgan fingerprint density at radius 1 is 0.246 bits per heavy atom. The highest BCUT2D eigenvalue weighted by atomic mass is 14.9. The molecule has 312 valence electrons. The van der Waals surface area contributed by atoms with E-state index in [-0.39, 0.29) is 16.7 Å². The number of nitrogens with zero attached hydrogens (tertiary/aromatic N) is 2. The lowest BCUT2D eigenvalue weighted by molar-refractivity contribution is -0.671. The first-order valence-electron chi connectivity index (χ1n) is 28.8. The van der Waals surface area contributed by atoms with Crippen LogP contribution in [-0.4, -0.2) is 0 Å². The predicted molar refractivity (Wildman–Crippen MR) is 272 cm³/mol. The molecule has 0 radical (unpaired) electrons. The highest BCUT2D eigenvalue weighted by molar-refractivity contribution is 6.15. The van der Waals surface area contributed by atoms with Gasteiger partial charge in [0.1, 0.15) is 22.2 Å².